The lowest BCUT2D eigenvalue weighted by Crippen LogP contribution is -2.20. The normalized spacial score (nSPS) is 12.0. The molecule has 0 aromatic carbocycles. The SMILES string of the molecule is CCCCC(CCC)Nc1ncnc(NC)c1OC. The van der Waals surface area contributed by atoms with Crippen LogP contribution in [-0.2, 0) is 0 Å². The van der Waals surface area contributed by atoms with E-state index in [1.807, 2.05) is 7.05 Å². The van der Waals surface area contributed by atoms with Crippen molar-refractivity contribution in [3.63, 3.8) is 0 Å². The number of anilines is 2. The van der Waals surface area contributed by atoms with Crippen molar-refractivity contribution in [3.05, 3.63) is 6.33 Å². The van der Waals surface area contributed by atoms with Crippen LogP contribution in [0.3, 0.4) is 0 Å². The Hall–Kier alpha value is -1.52. The van der Waals surface area contributed by atoms with E-state index in [1.54, 1.807) is 13.4 Å². The molecule has 2 N–H and O–H groups in total. The number of hydrogen-bond donors (Lipinski definition) is 2. The molecule has 0 saturated heterocycles. The zero-order valence-electron chi connectivity index (χ0n) is 12.5. The minimum atomic E-state index is 0.443. The number of aromatic nitrogens is 2. The molecule has 1 rings (SSSR count). The standard InChI is InChI=1S/C14H26N4O/c1-5-7-9-11(8-6-2)18-14-12(19-4)13(15-3)16-10-17-14/h10-11H,5-9H2,1-4H3,(H2,15,16,17,18). The topological polar surface area (TPSA) is 59.1 Å². The molecular weight excluding hydrogens is 240 g/mol. The van der Waals surface area contributed by atoms with Crippen molar-refractivity contribution in [1.82, 2.24) is 9.97 Å². The summed E-state index contributed by atoms with van der Waals surface area (Å²) in [6.45, 7) is 4.42. The van der Waals surface area contributed by atoms with Crippen LogP contribution in [0, 0.1) is 0 Å². The van der Waals surface area contributed by atoms with Crippen molar-refractivity contribution in [1.29, 1.82) is 0 Å². The molecule has 0 aliphatic carbocycles. The van der Waals surface area contributed by atoms with Crippen LogP contribution in [0.25, 0.3) is 0 Å². The van der Waals surface area contributed by atoms with Crippen LogP contribution in [0.4, 0.5) is 11.6 Å². The third kappa shape index (κ3) is 4.58. The third-order valence-electron chi connectivity index (χ3n) is 3.13. The first-order chi connectivity index (χ1) is 9.26. The molecule has 1 atom stereocenters. The Morgan fingerprint density at radius 2 is 1.89 bits per heavy atom. The van der Waals surface area contributed by atoms with Gasteiger partial charge in [-0.05, 0) is 12.8 Å². The number of nitrogens with zero attached hydrogens (tertiary/aromatic N) is 2. The van der Waals surface area contributed by atoms with E-state index in [0.29, 0.717) is 17.6 Å². The second-order valence-electron chi connectivity index (χ2n) is 4.63. The van der Waals surface area contributed by atoms with Crippen molar-refractivity contribution in [2.75, 3.05) is 24.8 Å². The number of hydrogen-bond acceptors (Lipinski definition) is 5. The lowest BCUT2D eigenvalue weighted by atomic mass is 10.1. The summed E-state index contributed by atoms with van der Waals surface area (Å²) < 4.78 is 5.40. The molecule has 5 heteroatoms. The average Bonchev–Trinajstić information content (AvgIpc) is 2.44. The Balaban J connectivity index is 2.82. The molecule has 5 nitrogen and oxygen atoms in total. The fourth-order valence-electron chi connectivity index (χ4n) is 2.13. The Labute approximate surface area is 116 Å². The van der Waals surface area contributed by atoms with Crippen LogP contribution >= 0.6 is 0 Å². The number of rotatable bonds is 9. The highest BCUT2D eigenvalue weighted by Gasteiger charge is 2.14. The molecule has 1 aromatic rings. The maximum absolute atomic E-state index is 5.40. The summed E-state index contributed by atoms with van der Waals surface area (Å²) in [6.07, 6.45) is 7.45. The predicted octanol–water partition coefficient (Wildman–Crippen LogP) is 3.30. The number of methoxy groups -OCH3 is 1. The summed E-state index contributed by atoms with van der Waals surface area (Å²) in [7, 11) is 3.47. The third-order valence-corrected chi connectivity index (χ3v) is 3.13. The minimum Gasteiger partial charge on any atom is -0.490 e. The fourth-order valence-corrected chi connectivity index (χ4v) is 2.13. The van der Waals surface area contributed by atoms with Crippen LogP contribution in [0.5, 0.6) is 5.75 Å². The van der Waals surface area contributed by atoms with Crippen LogP contribution < -0.4 is 15.4 Å². The molecule has 1 unspecified atom stereocenters. The van der Waals surface area contributed by atoms with Crippen LogP contribution in [0.2, 0.25) is 0 Å². The summed E-state index contributed by atoms with van der Waals surface area (Å²) in [5.74, 6) is 2.17. The van der Waals surface area contributed by atoms with Gasteiger partial charge in [-0.3, -0.25) is 0 Å². The van der Waals surface area contributed by atoms with Crippen molar-refractivity contribution in [2.24, 2.45) is 0 Å². The molecule has 19 heavy (non-hydrogen) atoms. The smallest absolute Gasteiger partial charge is 0.204 e. The second-order valence-corrected chi connectivity index (χ2v) is 4.63. The highest BCUT2D eigenvalue weighted by Crippen LogP contribution is 2.29. The Morgan fingerprint density at radius 1 is 1.16 bits per heavy atom. The predicted molar refractivity (Wildman–Crippen MR) is 80.0 cm³/mol. The molecule has 0 amide bonds. The highest BCUT2D eigenvalue weighted by atomic mass is 16.5. The number of nitrogens with one attached hydrogen (secondary N) is 2. The van der Waals surface area contributed by atoms with Gasteiger partial charge in [0.05, 0.1) is 7.11 Å². The molecule has 0 aliphatic heterocycles. The molecule has 0 radical (unpaired) electrons. The fraction of sp³-hybridized carbons (Fsp3) is 0.714. The van der Waals surface area contributed by atoms with Crippen molar-refractivity contribution >= 4 is 11.6 Å². The van der Waals surface area contributed by atoms with Gasteiger partial charge in [0.15, 0.2) is 11.6 Å². The van der Waals surface area contributed by atoms with Crippen molar-refractivity contribution in [2.45, 2.75) is 52.0 Å². The van der Waals surface area contributed by atoms with Gasteiger partial charge in [-0.15, -0.1) is 0 Å². The van der Waals surface area contributed by atoms with Gasteiger partial charge >= 0.3 is 0 Å². The Morgan fingerprint density at radius 3 is 2.47 bits per heavy atom. The quantitative estimate of drug-likeness (QED) is 0.718. The van der Waals surface area contributed by atoms with Gasteiger partial charge < -0.3 is 15.4 Å². The molecule has 1 aromatic heterocycles. The largest absolute Gasteiger partial charge is 0.490 e. The number of unbranched alkanes of at least 4 members (excludes halogenated alkanes) is 1. The van der Waals surface area contributed by atoms with Crippen molar-refractivity contribution in [3.8, 4) is 5.75 Å². The Kier molecular flexibility index (Phi) is 7.00. The maximum Gasteiger partial charge on any atom is 0.204 e. The van der Waals surface area contributed by atoms with Gasteiger partial charge in [0.25, 0.3) is 0 Å². The van der Waals surface area contributed by atoms with Crippen LogP contribution in [-0.4, -0.2) is 30.2 Å². The van der Waals surface area contributed by atoms with Gasteiger partial charge in [0.1, 0.15) is 6.33 Å². The first-order valence-electron chi connectivity index (χ1n) is 7.10. The maximum atomic E-state index is 5.40. The van der Waals surface area contributed by atoms with Gasteiger partial charge in [0.2, 0.25) is 5.75 Å². The summed E-state index contributed by atoms with van der Waals surface area (Å²) in [6, 6.07) is 0.443. The van der Waals surface area contributed by atoms with E-state index in [2.05, 4.69) is 34.4 Å². The summed E-state index contributed by atoms with van der Waals surface area (Å²) >= 11 is 0. The van der Waals surface area contributed by atoms with Crippen LogP contribution in [0.1, 0.15) is 46.0 Å². The first kappa shape index (κ1) is 15.5. The van der Waals surface area contributed by atoms with E-state index in [-0.39, 0.29) is 0 Å². The zero-order valence-corrected chi connectivity index (χ0v) is 12.5. The van der Waals surface area contributed by atoms with Crippen LogP contribution in [0.15, 0.2) is 6.33 Å². The summed E-state index contributed by atoms with van der Waals surface area (Å²) in [5.41, 5.74) is 0. The molecular formula is C14H26N4O. The zero-order chi connectivity index (χ0) is 14.1. The van der Waals surface area contributed by atoms with Gasteiger partial charge in [0, 0.05) is 13.1 Å². The number of ether oxygens (including phenoxy) is 1. The lowest BCUT2D eigenvalue weighted by Gasteiger charge is -2.20. The molecule has 0 aliphatic rings. The second kappa shape index (κ2) is 8.56. The highest BCUT2D eigenvalue weighted by molar-refractivity contribution is 5.63. The first-order valence-corrected chi connectivity index (χ1v) is 7.10. The van der Waals surface area contributed by atoms with E-state index < -0.39 is 0 Å². The van der Waals surface area contributed by atoms with Gasteiger partial charge in [-0.2, -0.15) is 0 Å². The van der Waals surface area contributed by atoms with E-state index >= 15 is 0 Å². The molecule has 0 saturated carbocycles. The monoisotopic (exact) mass is 266 g/mol. The molecule has 1 heterocycles. The average molecular weight is 266 g/mol. The molecule has 0 bridgehead atoms. The summed E-state index contributed by atoms with van der Waals surface area (Å²) in [4.78, 5) is 8.46. The Bertz CT molecular complexity index is 370. The lowest BCUT2D eigenvalue weighted by molar-refractivity contribution is 0.413. The summed E-state index contributed by atoms with van der Waals surface area (Å²) in [5, 5.41) is 6.51. The van der Waals surface area contributed by atoms with E-state index in [4.69, 9.17) is 4.74 Å². The molecule has 0 fully saturated rings. The van der Waals surface area contributed by atoms with Gasteiger partial charge in [-0.25, -0.2) is 9.97 Å². The molecule has 108 valence electrons. The van der Waals surface area contributed by atoms with E-state index in [0.717, 1.165) is 25.1 Å². The van der Waals surface area contributed by atoms with Crippen molar-refractivity contribution < 1.29 is 4.74 Å². The van der Waals surface area contributed by atoms with Gasteiger partial charge in [-0.1, -0.05) is 33.1 Å². The van der Waals surface area contributed by atoms with E-state index in [9.17, 15) is 0 Å². The molecule has 0 spiro atoms. The minimum absolute atomic E-state index is 0.443. The van der Waals surface area contributed by atoms with E-state index in [1.165, 1.54) is 12.8 Å².